The lowest BCUT2D eigenvalue weighted by Gasteiger charge is -2.40. The number of aliphatic hydroxyl groups is 2. The number of morpholine rings is 1. The second-order valence-electron chi connectivity index (χ2n) is 5.38. The van der Waals surface area contributed by atoms with Crippen LogP contribution < -0.4 is 0 Å². The number of nitrogens with zero attached hydrogens (tertiary/aromatic N) is 1. The van der Waals surface area contributed by atoms with Crippen molar-refractivity contribution < 1.29 is 24.5 Å². The van der Waals surface area contributed by atoms with Gasteiger partial charge in [0.1, 0.15) is 12.1 Å². The molecule has 19 heavy (non-hydrogen) atoms. The van der Waals surface area contributed by atoms with Crippen molar-refractivity contribution in [1.29, 1.82) is 0 Å². The summed E-state index contributed by atoms with van der Waals surface area (Å²) in [5, 5.41) is 18.7. The summed E-state index contributed by atoms with van der Waals surface area (Å²) < 4.78 is 10.7. The molecule has 0 aromatic heterocycles. The first-order valence-corrected chi connectivity index (χ1v) is 6.73. The van der Waals surface area contributed by atoms with E-state index in [9.17, 15) is 15.0 Å². The number of esters is 1. The Hall–Kier alpha value is -0.690. The maximum atomic E-state index is 12.0. The highest BCUT2D eigenvalue weighted by molar-refractivity contribution is 5.77. The lowest BCUT2D eigenvalue weighted by atomic mass is 10.1. The molecule has 0 spiro atoms. The zero-order valence-electron chi connectivity index (χ0n) is 12.1. The predicted molar refractivity (Wildman–Crippen MR) is 69.7 cm³/mol. The molecule has 2 N–H and O–H groups in total. The Kier molecular flexibility index (Phi) is 6.19. The largest absolute Gasteiger partial charge is 0.460 e. The van der Waals surface area contributed by atoms with Gasteiger partial charge in [-0.1, -0.05) is 0 Å². The third-order valence-electron chi connectivity index (χ3n) is 2.99. The molecule has 6 nitrogen and oxygen atoms in total. The summed E-state index contributed by atoms with van der Waals surface area (Å²) in [7, 11) is 0. The summed E-state index contributed by atoms with van der Waals surface area (Å²) in [6, 6.07) is -0.537. The second-order valence-corrected chi connectivity index (χ2v) is 5.38. The van der Waals surface area contributed by atoms with Gasteiger partial charge < -0.3 is 19.7 Å². The number of cyclic esters (lactones) is 1. The molecule has 0 saturated carbocycles. The molecule has 5 unspecified atom stereocenters. The van der Waals surface area contributed by atoms with Gasteiger partial charge in [0.2, 0.25) is 0 Å². The fraction of sp³-hybridized carbons (Fsp3) is 0.923. The van der Waals surface area contributed by atoms with Crippen molar-refractivity contribution in [3.63, 3.8) is 0 Å². The Morgan fingerprint density at radius 2 is 2.00 bits per heavy atom. The number of ether oxygens (including phenoxy) is 2. The zero-order chi connectivity index (χ0) is 14.6. The smallest absolute Gasteiger partial charge is 0.326 e. The van der Waals surface area contributed by atoms with E-state index in [0.29, 0.717) is 13.1 Å². The summed E-state index contributed by atoms with van der Waals surface area (Å²) in [5.74, 6) is -0.336. The zero-order valence-corrected chi connectivity index (χ0v) is 12.1. The molecular weight excluding hydrogens is 250 g/mol. The Labute approximate surface area is 114 Å². The molecular formula is C13H25NO5. The van der Waals surface area contributed by atoms with Gasteiger partial charge in [-0.15, -0.1) is 0 Å². The standard InChI is InChI=1S/C13H25NO5/c1-8(15)5-14-6-10(3)19-13(17)12(14)11(4)18-7-9(2)16/h8-12,15-16H,5-7H2,1-4H3. The minimum atomic E-state index is -0.578. The van der Waals surface area contributed by atoms with Crippen molar-refractivity contribution in [2.24, 2.45) is 0 Å². The fourth-order valence-corrected chi connectivity index (χ4v) is 2.30. The van der Waals surface area contributed by atoms with Crippen molar-refractivity contribution in [1.82, 2.24) is 4.90 Å². The maximum absolute atomic E-state index is 12.0. The molecule has 0 aromatic rings. The van der Waals surface area contributed by atoms with Crippen LogP contribution >= 0.6 is 0 Å². The Morgan fingerprint density at radius 3 is 2.53 bits per heavy atom. The molecule has 0 radical (unpaired) electrons. The molecule has 112 valence electrons. The first-order valence-electron chi connectivity index (χ1n) is 6.73. The van der Waals surface area contributed by atoms with E-state index in [4.69, 9.17) is 9.47 Å². The van der Waals surface area contributed by atoms with E-state index in [1.807, 2.05) is 11.8 Å². The van der Waals surface area contributed by atoms with Crippen LogP contribution in [-0.4, -0.2) is 71.2 Å². The molecule has 6 heteroatoms. The molecule has 0 aliphatic carbocycles. The molecule has 5 atom stereocenters. The summed E-state index contributed by atoms with van der Waals surface area (Å²) in [4.78, 5) is 13.9. The highest BCUT2D eigenvalue weighted by Crippen LogP contribution is 2.18. The average molecular weight is 275 g/mol. The van der Waals surface area contributed by atoms with Crippen LogP contribution in [0.25, 0.3) is 0 Å². The summed E-state index contributed by atoms with van der Waals surface area (Å²) in [6.07, 6.45) is -1.68. The van der Waals surface area contributed by atoms with Crippen LogP contribution in [0.3, 0.4) is 0 Å². The van der Waals surface area contributed by atoms with Gasteiger partial charge in [0.05, 0.1) is 24.9 Å². The first kappa shape index (κ1) is 16.4. The lowest BCUT2D eigenvalue weighted by molar-refractivity contribution is -0.175. The van der Waals surface area contributed by atoms with Crippen LogP contribution in [0.15, 0.2) is 0 Å². The van der Waals surface area contributed by atoms with Crippen molar-refractivity contribution in [3.05, 3.63) is 0 Å². The number of hydrogen-bond acceptors (Lipinski definition) is 6. The summed E-state index contributed by atoms with van der Waals surface area (Å²) in [5.41, 5.74) is 0. The maximum Gasteiger partial charge on any atom is 0.326 e. The predicted octanol–water partition coefficient (Wildman–Crippen LogP) is -0.231. The van der Waals surface area contributed by atoms with Crippen LogP contribution in [0.4, 0.5) is 0 Å². The quantitative estimate of drug-likeness (QED) is 0.652. The van der Waals surface area contributed by atoms with Gasteiger partial charge in [-0.25, -0.2) is 0 Å². The molecule has 0 bridgehead atoms. The highest BCUT2D eigenvalue weighted by atomic mass is 16.6. The summed E-state index contributed by atoms with van der Waals surface area (Å²) >= 11 is 0. The minimum absolute atomic E-state index is 0.170. The molecule has 1 fully saturated rings. The van der Waals surface area contributed by atoms with E-state index in [2.05, 4.69) is 0 Å². The molecule has 0 aromatic carbocycles. The van der Waals surface area contributed by atoms with Gasteiger partial charge in [-0.05, 0) is 27.7 Å². The van der Waals surface area contributed by atoms with E-state index in [1.165, 1.54) is 0 Å². The van der Waals surface area contributed by atoms with Crippen molar-refractivity contribution in [3.8, 4) is 0 Å². The van der Waals surface area contributed by atoms with Gasteiger partial charge in [0.15, 0.2) is 0 Å². The summed E-state index contributed by atoms with van der Waals surface area (Å²) in [6.45, 7) is 8.05. The fourth-order valence-electron chi connectivity index (χ4n) is 2.30. The van der Waals surface area contributed by atoms with E-state index in [0.717, 1.165) is 0 Å². The highest BCUT2D eigenvalue weighted by Gasteiger charge is 2.39. The van der Waals surface area contributed by atoms with Crippen molar-refractivity contribution in [2.45, 2.75) is 58.2 Å². The van der Waals surface area contributed by atoms with Gasteiger partial charge in [-0.2, -0.15) is 0 Å². The number of aliphatic hydroxyl groups excluding tert-OH is 2. The minimum Gasteiger partial charge on any atom is -0.460 e. The van der Waals surface area contributed by atoms with Crippen molar-refractivity contribution in [2.75, 3.05) is 19.7 Å². The average Bonchev–Trinajstić information content (AvgIpc) is 2.24. The van der Waals surface area contributed by atoms with E-state index in [1.54, 1.807) is 20.8 Å². The van der Waals surface area contributed by atoms with Gasteiger partial charge >= 0.3 is 5.97 Å². The number of β-amino-alcohol motifs (C(OH)–C–C–N with tert-alkyl or cyclic N) is 1. The molecule has 1 rings (SSSR count). The second kappa shape index (κ2) is 7.19. The molecule has 1 heterocycles. The molecule has 1 aliphatic heterocycles. The molecule has 0 amide bonds. The number of carbonyl (C=O) groups excluding carboxylic acids is 1. The Morgan fingerprint density at radius 1 is 1.37 bits per heavy atom. The third-order valence-corrected chi connectivity index (χ3v) is 2.99. The van der Waals surface area contributed by atoms with E-state index < -0.39 is 24.4 Å². The van der Waals surface area contributed by atoms with Crippen LogP contribution in [0.1, 0.15) is 27.7 Å². The third kappa shape index (κ3) is 5.06. The van der Waals surface area contributed by atoms with Crippen molar-refractivity contribution >= 4 is 5.97 Å². The first-order chi connectivity index (χ1) is 8.81. The number of rotatable bonds is 6. The number of hydrogen-bond donors (Lipinski definition) is 2. The molecule has 1 saturated heterocycles. The normalized spacial score (nSPS) is 29.7. The van der Waals surface area contributed by atoms with Gasteiger partial charge in [0, 0.05) is 13.1 Å². The SMILES string of the molecule is CC(O)COC(C)C1C(=O)OC(C)CN1CC(C)O. The van der Waals surface area contributed by atoms with E-state index >= 15 is 0 Å². The van der Waals surface area contributed by atoms with Crippen LogP contribution in [0.5, 0.6) is 0 Å². The van der Waals surface area contributed by atoms with Gasteiger partial charge in [-0.3, -0.25) is 9.69 Å². The van der Waals surface area contributed by atoms with Crippen LogP contribution in [-0.2, 0) is 14.3 Å². The lowest BCUT2D eigenvalue weighted by Crippen LogP contribution is -2.58. The topological polar surface area (TPSA) is 79.2 Å². The van der Waals surface area contributed by atoms with Gasteiger partial charge in [0.25, 0.3) is 0 Å². The Balaban J connectivity index is 2.70. The van der Waals surface area contributed by atoms with Crippen LogP contribution in [0.2, 0.25) is 0 Å². The monoisotopic (exact) mass is 275 g/mol. The molecule has 1 aliphatic rings. The van der Waals surface area contributed by atoms with Crippen LogP contribution in [0, 0.1) is 0 Å². The number of carbonyl (C=O) groups is 1. The van der Waals surface area contributed by atoms with E-state index in [-0.39, 0.29) is 18.7 Å². The Bertz CT molecular complexity index is 293.